The van der Waals surface area contributed by atoms with Crippen LogP contribution in [0.4, 0.5) is 0 Å². The molecule has 0 aliphatic rings. The standard InChI is InChI=1S/C14H20N2S2/c1-8-6-7-13(17-8)9(2)15-10(3)14-11(4)16-12(5)18-14/h6-7,9-10,15H,1-5H3. The number of thiophene rings is 1. The summed E-state index contributed by atoms with van der Waals surface area (Å²) in [7, 11) is 0. The predicted molar refractivity (Wildman–Crippen MR) is 80.6 cm³/mol. The van der Waals surface area contributed by atoms with Gasteiger partial charge >= 0.3 is 0 Å². The zero-order valence-electron chi connectivity index (χ0n) is 11.6. The molecule has 0 aliphatic heterocycles. The first-order valence-corrected chi connectivity index (χ1v) is 7.87. The van der Waals surface area contributed by atoms with Crippen LogP contribution in [0, 0.1) is 20.8 Å². The molecule has 2 rings (SSSR count). The number of nitrogens with zero attached hydrogens (tertiary/aromatic N) is 1. The third kappa shape index (κ3) is 2.99. The fraction of sp³-hybridized carbons (Fsp3) is 0.500. The van der Waals surface area contributed by atoms with Crippen LogP contribution in [0.1, 0.15) is 51.3 Å². The largest absolute Gasteiger partial charge is 0.302 e. The van der Waals surface area contributed by atoms with E-state index < -0.39 is 0 Å². The van der Waals surface area contributed by atoms with Gasteiger partial charge < -0.3 is 5.32 Å². The van der Waals surface area contributed by atoms with Crippen molar-refractivity contribution in [2.45, 2.75) is 46.7 Å². The normalized spacial score (nSPS) is 14.7. The van der Waals surface area contributed by atoms with Crippen molar-refractivity contribution in [1.29, 1.82) is 0 Å². The molecule has 2 unspecified atom stereocenters. The van der Waals surface area contributed by atoms with E-state index in [-0.39, 0.29) is 0 Å². The summed E-state index contributed by atoms with van der Waals surface area (Å²) in [4.78, 5) is 8.62. The summed E-state index contributed by atoms with van der Waals surface area (Å²) in [6.45, 7) is 10.8. The van der Waals surface area contributed by atoms with Gasteiger partial charge in [-0.3, -0.25) is 0 Å². The van der Waals surface area contributed by atoms with Gasteiger partial charge in [0.15, 0.2) is 0 Å². The number of thiazole rings is 1. The Labute approximate surface area is 117 Å². The predicted octanol–water partition coefficient (Wildman–Crippen LogP) is 4.54. The van der Waals surface area contributed by atoms with Crippen molar-refractivity contribution >= 4 is 22.7 Å². The molecule has 0 saturated carbocycles. The highest BCUT2D eigenvalue weighted by Crippen LogP contribution is 2.28. The summed E-state index contributed by atoms with van der Waals surface area (Å²) >= 11 is 3.66. The fourth-order valence-corrected chi connectivity index (χ4v) is 4.00. The lowest BCUT2D eigenvalue weighted by Crippen LogP contribution is -2.21. The van der Waals surface area contributed by atoms with E-state index in [0.29, 0.717) is 12.1 Å². The Kier molecular flexibility index (Phi) is 4.20. The molecule has 2 heterocycles. The molecule has 2 aromatic rings. The van der Waals surface area contributed by atoms with Gasteiger partial charge in [0.1, 0.15) is 0 Å². The van der Waals surface area contributed by atoms with Gasteiger partial charge in [0, 0.05) is 26.7 Å². The Balaban J connectivity index is 2.07. The van der Waals surface area contributed by atoms with Crippen molar-refractivity contribution in [3.05, 3.63) is 37.5 Å². The highest BCUT2D eigenvalue weighted by atomic mass is 32.1. The zero-order chi connectivity index (χ0) is 13.3. The molecule has 2 atom stereocenters. The summed E-state index contributed by atoms with van der Waals surface area (Å²) in [6, 6.07) is 5.15. The minimum Gasteiger partial charge on any atom is -0.302 e. The third-order valence-electron chi connectivity index (χ3n) is 3.02. The fourth-order valence-electron chi connectivity index (χ4n) is 2.17. The van der Waals surface area contributed by atoms with E-state index in [2.05, 4.69) is 57.1 Å². The molecule has 0 radical (unpaired) electrons. The van der Waals surface area contributed by atoms with Crippen molar-refractivity contribution in [2.24, 2.45) is 0 Å². The van der Waals surface area contributed by atoms with E-state index in [4.69, 9.17) is 0 Å². The van der Waals surface area contributed by atoms with E-state index in [1.165, 1.54) is 14.6 Å². The number of hydrogen-bond donors (Lipinski definition) is 1. The van der Waals surface area contributed by atoms with Crippen molar-refractivity contribution in [2.75, 3.05) is 0 Å². The second kappa shape index (κ2) is 5.51. The Morgan fingerprint density at radius 3 is 2.28 bits per heavy atom. The SMILES string of the molecule is Cc1ccc(C(C)NC(C)c2sc(C)nc2C)s1. The van der Waals surface area contributed by atoms with Crippen LogP contribution in [0.3, 0.4) is 0 Å². The van der Waals surface area contributed by atoms with Crippen molar-refractivity contribution in [3.8, 4) is 0 Å². The van der Waals surface area contributed by atoms with E-state index in [0.717, 1.165) is 10.7 Å². The molecule has 0 aliphatic carbocycles. The lowest BCUT2D eigenvalue weighted by Gasteiger charge is -2.18. The Bertz CT molecular complexity index is 528. The average molecular weight is 280 g/mol. The van der Waals surface area contributed by atoms with Crippen LogP contribution >= 0.6 is 22.7 Å². The molecule has 0 aromatic carbocycles. The summed E-state index contributed by atoms with van der Waals surface area (Å²) in [5, 5.41) is 4.81. The molecule has 0 fully saturated rings. The molecule has 0 saturated heterocycles. The van der Waals surface area contributed by atoms with Gasteiger partial charge in [-0.15, -0.1) is 22.7 Å². The number of aryl methyl sites for hydroxylation is 3. The first kappa shape index (κ1) is 13.7. The van der Waals surface area contributed by atoms with Gasteiger partial charge in [0.05, 0.1) is 10.7 Å². The monoisotopic (exact) mass is 280 g/mol. The topological polar surface area (TPSA) is 24.9 Å². The highest BCUT2D eigenvalue weighted by Gasteiger charge is 2.16. The van der Waals surface area contributed by atoms with Crippen LogP contribution in [-0.4, -0.2) is 4.98 Å². The van der Waals surface area contributed by atoms with Gasteiger partial charge in [-0.2, -0.15) is 0 Å². The molecular weight excluding hydrogens is 260 g/mol. The van der Waals surface area contributed by atoms with Crippen LogP contribution in [0.25, 0.3) is 0 Å². The molecule has 2 nitrogen and oxygen atoms in total. The van der Waals surface area contributed by atoms with Crippen LogP contribution in [-0.2, 0) is 0 Å². The first-order chi connectivity index (χ1) is 8.47. The number of rotatable bonds is 4. The maximum atomic E-state index is 4.50. The van der Waals surface area contributed by atoms with Gasteiger partial charge in [0.25, 0.3) is 0 Å². The maximum absolute atomic E-state index is 4.50. The van der Waals surface area contributed by atoms with Crippen LogP contribution in [0.2, 0.25) is 0 Å². The molecule has 18 heavy (non-hydrogen) atoms. The second-order valence-corrected chi connectivity index (χ2v) is 7.30. The molecule has 0 amide bonds. The summed E-state index contributed by atoms with van der Waals surface area (Å²) in [6.07, 6.45) is 0. The van der Waals surface area contributed by atoms with Gasteiger partial charge in [-0.1, -0.05) is 0 Å². The van der Waals surface area contributed by atoms with E-state index in [1.54, 1.807) is 11.3 Å². The van der Waals surface area contributed by atoms with E-state index in [9.17, 15) is 0 Å². The van der Waals surface area contributed by atoms with Crippen LogP contribution in [0.15, 0.2) is 12.1 Å². The lowest BCUT2D eigenvalue weighted by molar-refractivity contribution is 0.503. The Hall–Kier alpha value is -0.710. The van der Waals surface area contributed by atoms with Crippen molar-refractivity contribution < 1.29 is 0 Å². The highest BCUT2D eigenvalue weighted by molar-refractivity contribution is 7.12. The van der Waals surface area contributed by atoms with Crippen molar-refractivity contribution in [3.63, 3.8) is 0 Å². The van der Waals surface area contributed by atoms with Gasteiger partial charge in [0.2, 0.25) is 0 Å². The molecule has 98 valence electrons. The summed E-state index contributed by atoms with van der Waals surface area (Å²) in [5.74, 6) is 0. The second-order valence-electron chi connectivity index (χ2n) is 4.74. The quantitative estimate of drug-likeness (QED) is 0.889. The third-order valence-corrected chi connectivity index (χ3v) is 5.46. The Morgan fingerprint density at radius 1 is 1.06 bits per heavy atom. The molecule has 1 N–H and O–H groups in total. The molecular formula is C14H20N2S2. The maximum Gasteiger partial charge on any atom is 0.0900 e. The van der Waals surface area contributed by atoms with Crippen LogP contribution < -0.4 is 5.32 Å². The first-order valence-electron chi connectivity index (χ1n) is 6.23. The molecule has 4 heteroatoms. The van der Waals surface area contributed by atoms with Crippen molar-refractivity contribution in [1.82, 2.24) is 10.3 Å². The van der Waals surface area contributed by atoms with Gasteiger partial charge in [-0.05, 0) is 46.8 Å². The molecule has 2 aromatic heterocycles. The zero-order valence-corrected chi connectivity index (χ0v) is 13.2. The Morgan fingerprint density at radius 2 is 1.78 bits per heavy atom. The van der Waals surface area contributed by atoms with E-state index in [1.807, 2.05) is 11.3 Å². The van der Waals surface area contributed by atoms with Crippen LogP contribution in [0.5, 0.6) is 0 Å². The lowest BCUT2D eigenvalue weighted by atomic mass is 10.2. The minimum absolute atomic E-state index is 0.355. The number of aromatic nitrogens is 1. The number of nitrogens with one attached hydrogen (secondary N) is 1. The minimum atomic E-state index is 0.355. The average Bonchev–Trinajstić information content (AvgIpc) is 2.84. The van der Waals surface area contributed by atoms with Gasteiger partial charge in [-0.25, -0.2) is 4.98 Å². The molecule has 0 spiro atoms. The molecule has 0 bridgehead atoms. The smallest absolute Gasteiger partial charge is 0.0900 e. The number of hydrogen-bond acceptors (Lipinski definition) is 4. The summed E-state index contributed by atoms with van der Waals surface area (Å²) in [5.41, 5.74) is 1.16. The van der Waals surface area contributed by atoms with E-state index >= 15 is 0 Å². The summed E-state index contributed by atoms with van der Waals surface area (Å²) < 4.78 is 0.